The van der Waals surface area contributed by atoms with Crippen molar-refractivity contribution in [3.8, 4) is 22.5 Å². The minimum absolute atomic E-state index is 0. The van der Waals surface area contributed by atoms with Gasteiger partial charge in [0.1, 0.15) is 0 Å². The predicted octanol–water partition coefficient (Wildman–Crippen LogP) is 8.50. The molecule has 5 aromatic rings. The Bertz CT molecular complexity index is 1400. The van der Waals surface area contributed by atoms with Gasteiger partial charge in [0.2, 0.25) is 0 Å². The van der Waals surface area contributed by atoms with Crippen molar-refractivity contribution in [2.45, 2.75) is 40.5 Å². The maximum absolute atomic E-state index is 4.56. The fourth-order valence-electron chi connectivity index (χ4n) is 4.16. The Morgan fingerprint density at radius 3 is 2.13 bits per heavy atom. The van der Waals surface area contributed by atoms with E-state index in [1.807, 2.05) is 48.8 Å². The minimum Gasteiger partial charge on any atom is -0.305 e. The van der Waals surface area contributed by atoms with Crippen molar-refractivity contribution < 1.29 is 20.1 Å². The summed E-state index contributed by atoms with van der Waals surface area (Å²) in [4.78, 5) is 8.98. The number of pyridine rings is 2. The molecule has 2 aromatic heterocycles. The second-order valence-corrected chi connectivity index (χ2v) is 9.86. The van der Waals surface area contributed by atoms with Crippen molar-refractivity contribution in [3.05, 3.63) is 143 Å². The van der Waals surface area contributed by atoms with Gasteiger partial charge in [0.25, 0.3) is 0 Å². The van der Waals surface area contributed by atoms with Gasteiger partial charge in [-0.15, -0.1) is 71.3 Å². The Kier molecular flexibility index (Phi) is 11.1. The van der Waals surface area contributed by atoms with Crippen LogP contribution in [0.1, 0.15) is 41.7 Å². The van der Waals surface area contributed by atoms with E-state index in [2.05, 4.69) is 104 Å². The summed E-state index contributed by atoms with van der Waals surface area (Å²) >= 11 is 0. The summed E-state index contributed by atoms with van der Waals surface area (Å²) in [6, 6.07) is 37.5. The Balaban J connectivity index is 0.000000206. The van der Waals surface area contributed by atoms with Crippen molar-refractivity contribution in [3.63, 3.8) is 0 Å². The molecular weight excluding hydrogens is 641 g/mol. The van der Waals surface area contributed by atoms with E-state index in [-0.39, 0.29) is 20.1 Å². The first-order valence-electron chi connectivity index (χ1n) is 12.9. The molecule has 0 spiro atoms. The molecule has 0 saturated heterocycles. The van der Waals surface area contributed by atoms with Gasteiger partial charge in [-0.1, -0.05) is 68.8 Å². The van der Waals surface area contributed by atoms with E-state index in [0.717, 1.165) is 35.4 Å². The third-order valence-corrected chi connectivity index (χ3v) is 6.15. The van der Waals surface area contributed by atoms with Crippen LogP contribution in [0.25, 0.3) is 22.5 Å². The maximum atomic E-state index is 4.56. The number of benzene rings is 3. The van der Waals surface area contributed by atoms with E-state index in [0.29, 0.717) is 5.92 Å². The number of aromatic nitrogens is 2. The van der Waals surface area contributed by atoms with Gasteiger partial charge in [0.05, 0.1) is 0 Å². The smallest absolute Gasteiger partial charge is 0.0195 e. The summed E-state index contributed by atoms with van der Waals surface area (Å²) in [6.45, 7) is 8.71. The largest absolute Gasteiger partial charge is 0.305 e. The van der Waals surface area contributed by atoms with Crippen LogP contribution >= 0.6 is 0 Å². The molecule has 0 aliphatic heterocycles. The van der Waals surface area contributed by atoms with Gasteiger partial charge < -0.3 is 9.97 Å². The third kappa shape index (κ3) is 8.58. The van der Waals surface area contributed by atoms with Gasteiger partial charge in [-0.3, -0.25) is 0 Å². The van der Waals surface area contributed by atoms with Crippen LogP contribution in [-0.2, 0) is 32.9 Å². The predicted molar refractivity (Wildman–Crippen MR) is 154 cm³/mol. The maximum Gasteiger partial charge on any atom is 0.0195 e. The van der Waals surface area contributed by atoms with Crippen molar-refractivity contribution in [1.29, 1.82) is 0 Å². The molecule has 0 atom stereocenters. The van der Waals surface area contributed by atoms with Crippen LogP contribution in [-0.4, -0.2) is 9.97 Å². The summed E-state index contributed by atoms with van der Waals surface area (Å²) in [6.07, 6.45) is 5.91. The first-order chi connectivity index (χ1) is 18.0. The summed E-state index contributed by atoms with van der Waals surface area (Å²) in [5.41, 5.74) is 10.6. The van der Waals surface area contributed by atoms with Crippen LogP contribution in [0.4, 0.5) is 0 Å². The zero-order valence-electron chi connectivity index (χ0n) is 22.5. The van der Waals surface area contributed by atoms with Gasteiger partial charge in [0, 0.05) is 32.5 Å². The molecule has 0 N–H and O–H groups in total. The van der Waals surface area contributed by atoms with E-state index in [4.69, 9.17) is 0 Å². The van der Waals surface area contributed by atoms with Gasteiger partial charge in [0.15, 0.2) is 0 Å². The molecule has 0 aliphatic rings. The summed E-state index contributed by atoms with van der Waals surface area (Å²) in [5, 5.41) is 0. The van der Waals surface area contributed by atoms with Crippen LogP contribution in [0.3, 0.4) is 0 Å². The first-order valence-corrected chi connectivity index (χ1v) is 12.9. The monoisotopic (exact) mass is 675 g/mol. The second-order valence-electron chi connectivity index (χ2n) is 9.86. The van der Waals surface area contributed by atoms with Crippen LogP contribution in [0, 0.1) is 31.9 Å². The molecule has 38 heavy (non-hydrogen) atoms. The van der Waals surface area contributed by atoms with Crippen LogP contribution in [0.15, 0.2) is 103 Å². The molecule has 0 saturated carbocycles. The van der Waals surface area contributed by atoms with Gasteiger partial charge >= 0.3 is 0 Å². The zero-order valence-corrected chi connectivity index (χ0v) is 24.9. The summed E-state index contributed by atoms with van der Waals surface area (Å²) < 4.78 is 0. The van der Waals surface area contributed by atoms with E-state index < -0.39 is 0 Å². The molecule has 2 heterocycles. The molecule has 3 heteroatoms. The molecule has 3 aromatic carbocycles. The van der Waals surface area contributed by atoms with E-state index in [1.54, 1.807) is 0 Å². The van der Waals surface area contributed by atoms with Gasteiger partial charge in [-0.2, -0.15) is 0 Å². The Morgan fingerprint density at radius 1 is 0.737 bits per heavy atom. The molecular formula is C35H34IrN2-2. The van der Waals surface area contributed by atoms with Crippen molar-refractivity contribution in [2.75, 3.05) is 0 Å². The fraction of sp³-hybridized carbons (Fsp3) is 0.200. The van der Waals surface area contributed by atoms with E-state index >= 15 is 0 Å². The van der Waals surface area contributed by atoms with Crippen LogP contribution in [0.5, 0.6) is 0 Å². The van der Waals surface area contributed by atoms with Crippen molar-refractivity contribution >= 4 is 0 Å². The summed E-state index contributed by atoms with van der Waals surface area (Å²) in [5.74, 6) is 0.669. The molecule has 0 unspecified atom stereocenters. The number of hydrogen-bond donors (Lipinski definition) is 0. The topological polar surface area (TPSA) is 25.8 Å². The fourth-order valence-corrected chi connectivity index (χ4v) is 4.16. The van der Waals surface area contributed by atoms with Crippen LogP contribution < -0.4 is 0 Å². The molecule has 1 radical (unpaired) electrons. The van der Waals surface area contributed by atoms with E-state index in [9.17, 15) is 0 Å². The molecule has 0 fully saturated rings. The second kappa shape index (κ2) is 14.5. The number of hydrogen-bond acceptors (Lipinski definition) is 2. The Hall–Kier alpha value is -3.39. The zero-order chi connectivity index (χ0) is 26.0. The average molecular weight is 675 g/mol. The molecule has 0 bridgehead atoms. The molecule has 0 aliphatic carbocycles. The molecule has 195 valence electrons. The standard InChI is InChI=1S/C18H14N.C17H20N.Ir/c1-3-7-15(8-4-1)13-16-11-12-19-18(14-16)17-9-5-2-6-10-17;1-12(2)9-16-11-18-17(10-14(16)4)15-7-5-13(3)6-8-15;/h1-9,11-12,14H,13H2;5-7,10-12H,9H2,1-4H3;/q2*-1;. The normalized spacial score (nSPS) is 10.3. The Morgan fingerprint density at radius 2 is 1.47 bits per heavy atom. The van der Waals surface area contributed by atoms with Crippen molar-refractivity contribution in [1.82, 2.24) is 9.97 Å². The molecule has 2 nitrogen and oxygen atoms in total. The Labute approximate surface area is 241 Å². The van der Waals surface area contributed by atoms with E-state index in [1.165, 1.54) is 27.8 Å². The number of nitrogens with zero attached hydrogens (tertiary/aromatic N) is 2. The van der Waals surface area contributed by atoms with Crippen molar-refractivity contribution in [2.24, 2.45) is 5.92 Å². The minimum atomic E-state index is 0. The average Bonchev–Trinajstić information content (AvgIpc) is 2.92. The third-order valence-electron chi connectivity index (χ3n) is 6.15. The van der Waals surface area contributed by atoms with Gasteiger partial charge in [-0.05, 0) is 59.8 Å². The molecule has 0 amide bonds. The number of rotatable bonds is 6. The first kappa shape index (κ1) is 29.2. The quantitative estimate of drug-likeness (QED) is 0.169. The van der Waals surface area contributed by atoms with Gasteiger partial charge in [-0.25, -0.2) is 0 Å². The number of aryl methyl sites for hydroxylation is 2. The summed E-state index contributed by atoms with van der Waals surface area (Å²) in [7, 11) is 0. The van der Waals surface area contributed by atoms with Crippen LogP contribution in [0.2, 0.25) is 0 Å². The SMILES string of the molecule is Cc1c[c-]c(-c2cc(C)c(CC(C)C)cn2)cc1.[Ir].[c-]1ccccc1-c1cc(Cc2ccccc2)ccn1. The molecule has 5 rings (SSSR count).